The number of ether oxygens (including phenoxy) is 1. The van der Waals surface area contributed by atoms with Gasteiger partial charge in [-0.3, -0.25) is 0 Å². The van der Waals surface area contributed by atoms with E-state index in [9.17, 15) is 0 Å². The molecular formula is C11H18BNO4. The van der Waals surface area contributed by atoms with Crippen LogP contribution in [0.25, 0.3) is 0 Å². The van der Waals surface area contributed by atoms with Gasteiger partial charge in [0.15, 0.2) is 0 Å². The van der Waals surface area contributed by atoms with Gasteiger partial charge in [0, 0.05) is 25.9 Å². The molecule has 94 valence electrons. The number of hydrogen-bond donors (Lipinski definition) is 2. The van der Waals surface area contributed by atoms with E-state index in [4.69, 9.17) is 19.4 Å². The molecule has 1 aromatic rings. The highest BCUT2D eigenvalue weighted by atomic mass is 16.6. The average Bonchev–Trinajstić information content (AvgIpc) is 2.29. The van der Waals surface area contributed by atoms with Gasteiger partial charge < -0.3 is 24.3 Å². The van der Waals surface area contributed by atoms with Crippen LogP contribution in [-0.4, -0.2) is 44.2 Å². The van der Waals surface area contributed by atoms with Crippen molar-refractivity contribution < 1.29 is 19.4 Å². The maximum atomic E-state index is 8.63. The van der Waals surface area contributed by atoms with Gasteiger partial charge in [0.05, 0.1) is 6.61 Å². The van der Waals surface area contributed by atoms with Crippen LogP contribution in [0.5, 0.6) is 5.75 Å². The normalized spacial score (nSPS) is 10.1. The standard InChI is InChI=1S/C11H18BNO4/c1-3-16-9-8-13(2)10-4-6-11(7-5-10)17-12(14)15/h4-7,14-15H,3,8-9H2,1-2H3. The number of likely N-dealkylation sites (N-methyl/N-ethyl adjacent to an activating group) is 1. The summed E-state index contributed by atoms with van der Waals surface area (Å²) in [4.78, 5) is 2.05. The van der Waals surface area contributed by atoms with Gasteiger partial charge in [-0.1, -0.05) is 0 Å². The molecule has 6 heteroatoms. The third-order valence-corrected chi connectivity index (χ3v) is 2.29. The van der Waals surface area contributed by atoms with Gasteiger partial charge >= 0.3 is 7.32 Å². The Morgan fingerprint density at radius 2 is 1.88 bits per heavy atom. The Hall–Kier alpha value is -1.24. The van der Waals surface area contributed by atoms with Crippen LogP contribution in [0, 0.1) is 0 Å². The highest BCUT2D eigenvalue weighted by Crippen LogP contribution is 2.18. The smallest absolute Gasteiger partial charge is 0.512 e. The summed E-state index contributed by atoms with van der Waals surface area (Å²) < 4.78 is 9.98. The molecule has 0 aromatic heterocycles. The summed E-state index contributed by atoms with van der Waals surface area (Å²) in [6, 6.07) is 7.07. The minimum Gasteiger partial charge on any atom is -0.512 e. The van der Waals surface area contributed by atoms with Crippen molar-refractivity contribution in [1.29, 1.82) is 0 Å². The Bertz CT molecular complexity index is 318. The van der Waals surface area contributed by atoms with E-state index in [0.717, 1.165) is 18.8 Å². The summed E-state index contributed by atoms with van der Waals surface area (Å²) in [5.74, 6) is 0.418. The Labute approximate surface area is 102 Å². The number of benzene rings is 1. The second-order valence-electron chi connectivity index (χ2n) is 3.56. The summed E-state index contributed by atoms with van der Waals surface area (Å²) in [6.07, 6.45) is 0. The first-order valence-corrected chi connectivity index (χ1v) is 5.55. The van der Waals surface area contributed by atoms with Crippen molar-refractivity contribution in [3.05, 3.63) is 24.3 Å². The molecule has 0 heterocycles. The van der Waals surface area contributed by atoms with Crippen LogP contribution in [0.15, 0.2) is 24.3 Å². The van der Waals surface area contributed by atoms with Gasteiger partial charge in [-0.25, -0.2) is 0 Å². The molecule has 17 heavy (non-hydrogen) atoms. The van der Waals surface area contributed by atoms with Gasteiger partial charge in [-0.15, -0.1) is 0 Å². The zero-order chi connectivity index (χ0) is 12.7. The number of nitrogens with zero attached hydrogens (tertiary/aromatic N) is 1. The zero-order valence-corrected chi connectivity index (χ0v) is 10.2. The average molecular weight is 239 g/mol. The van der Waals surface area contributed by atoms with Crippen LogP contribution < -0.4 is 9.55 Å². The quantitative estimate of drug-likeness (QED) is 0.536. The van der Waals surface area contributed by atoms with Crippen molar-refractivity contribution in [2.24, 2.45) is 0 Å². The molecule has 0 aliphatic heterocycles. The molecule has 1 aromatic carbocycles. The van der Waals surface area contributed by atoms with Crippen molar-refractivity contribution in [3.63, 3.8) is 0 Å². The van der Waals surface area contributed by atoms with Crippen molar-refractivity contribution >= 4 is 13.0 Å². The van der Waals surface area contributed by atoms with Crippen molar-refractivity contribution in [3.8, 4) is 5.75 Å². The molecule has 0 saturated heterocycles. The lowest BCUT2D eigenvalue weighted by Gasteiger charge is -2.19. The summed E-state index contributed by atoms with van der Waals surface area (Å²) in [5, 5.41) is 17.3. The summed E-state index contributed by atoms with van der Waals surface area (Å²) >= 11 is 0. The van der Waals surface area contributed by atoms with E-state index in [2.05, 4.69) is 4.90 Å². The Balaban J connectivity index is 2.48. The molecule has 0 radical (unpaired) electrons. The molecule has 0 spiro atoms. The maximum Gasteiger partial charge on any atom is 0.707 e. The van der Waals surface area contributed by atoms with Crippen LogP contribution in [0.4, 0.5) is 5.69 Å². The van der Waals surface area contributed by atoms with Crippen LogP contribution in [-0.2, 0) is 4.74 Å². The molecule has 0 aliphatic rings. The van der Waals surface area contributed by atoms with Crippen molar-refractivity contribution in [2.45, 2.75) is 6.92 Å². The van der Waals surface area contributed by atoms with E-state index in [0.29, 0.717) is 12.4 Å². The van der Waals surface area contributed by atoms with E-state index < -0.39 is 7.32 Å². The molecule has 0 saturated carbocycles. The van der Waals surface area contributed by atoms with Gasteiger partial charge in [-0.05, 0) is 31.2 Å². The van der Waals surface area contributed by atoms with Gasteiger partial charge in [0.2, 0.25) is 0 Å². The van der Waals surface area contributed by atoms with E-state index in [1.165, 1.54) is 0 Å². The lowest BCUT2D eigenvalue weighted by atomic mass is 10.2. The van der Waals surface area contributed by atoms with Crippen LogP contribution in [0.1, 0.15) is 6.92 Å². The minimum absolute atomic E-state index is 0.418. The highest BCUT2D eigenvalue weighted by molar-refractivity contribution is 6.33. The number of anilines is 1. The van der Waals surface area contributed by atoms with E-state index in [-0.39, 0.29) is 0 Å². The summed E-state index contributed by atoms with van der Waals surface area (Å²) in [5.41, 5.74) is 1.02. The first-order valence-electron chi connectivity index (χ1n) is 5.55. The first kappa shape index (κ1) is 13.8. The van der Waals surface area contributed by atoms with Crippen molar-refractivity contribution in [2.75, 3.05) is 31.7 Å². The largest absolute Gasteiger partial charge is 0.707 e. The molecule has 0 unspecified atom stereocenters. The SMILES string of the molecule is CCOCCN(C)c1ccc(OB(O)O)cc1. The topological polar surface area (TPSA) is 62.2 Å². The third kappa shape index (κ3) is 5.08. The van der Waals surface area contributed by atoms with Crippen LogP contribution in [0.2, 0.25) is 0 Å². The predicted octanol–water partition coefficient (Wildman–Crippen LogP) is 0.508. The Morgan fingerprint density at radius 1 is 1.24 bits per heavy atom. The summed E-state index contributed by atoms with van der Waals surface area (Å²) in [7, 11) is 0.187. The zero-order valence-electron chi connectivity index (χ0n) is 10.2. The predicted molar refractivity (Wildman–Crippen MR) is 67.0 cm³/mol. The fourth-order valence-corrected chi connectivity index (χ4v) is 1.38. The fraction of sp³-hybridized carbons (Fsp3) is 0.455. The lowest BCUT2D eigenvalue weighted by Crippen LogP contribution is -2.23. The molecule has 0 bridgehead atoms. The van der Waals surface area contributed by atoms with E-state index >= 15 is 0 Å². The molecule has 0 amide bonds. The number of hydrogen-bond acceptors (Lipinski definition) is 5. The molecule has 1 rings (SSSR count). The molecule has 0 aliphatic carbocycles. The van der Waals surface area contributed by atoms with Gasteiger partial charge in [0.25, 0.3) is 0 Å². The van der Waals surface area contributed by atoms with Gasteiger partial charge in [0.1, 0.15) is 5.75 Å². The van der Waals surface area contributed by atoms with Crippen molar-refractivity contribution in [1.82, 2.24) is 0 Å². The van der Waals surface area contributed by atoms with Gasteiger partial charge in [-0.2, -0.15) is 0 Å². The summed E-state index contributed by atoms with van der Waals surface area (Å²) in [6.45, 7) is 4.17. The van der Waals surface area contributed by atoms with Crippen LogP contribution >= 0.6 is 0 Å². The van der Waals surface area contributed by atoms with Crippen LogP contribution in [0.3, 0.4) is 0 Å². The number of rotatable bonds is 7. The fourth-order valence-electron chi connectivity index (χ4n) is 1.38. The molecular weight excluding hydrogens is 221 g/mol. The first-order chi connectivity index (χ1) is 8.13. The monoisotopic (exact) mass is 239 g/mol. The molecule has 2 N–H and O–H groups in total. The molecule has 0 atom stereocenters. The highest BCUT2D eigenvalue weighted by Gasteiger charge is 2.10. The Kier molecular flexibility index (Phi) is 5.83. The second kappa shape index (κ2) is 7.16. The maximum absolute atomic E-state index is 8.63. The second-order valence-corrected chi connectivity index (χ2v) is 3.56. The van der Waals surface area contributed by atoms with E-state index in [1.54, 1.807) is 12.1 Å². The Morgan fingerprint density at radius 3 is 2.41 bits per heavy atom. The third-order valence-electron chi connectivity index (χ3n) is 2.29. The minimum atomic E-state index is -1.78. The lowest BCUT2D eigenvalue weighted by molar-refractivity contribution is 0.154. The molecule has 5 nitrogen and oxygen atoms in total. The van der Waals surface area contributed by atoms with E-state index in [1.807, 2.05) is 26.1 Å². The molecule has 0 fully saturated rings.